The predicted octanol–water partition coefficient (Wildman–Crippen LogP) is 5.36. The van der Waals surface area contributed by atoms with Crippen LogP contribution < -0.4 is 5.32 Å². The van der Waals surface area contributed by atoms with Crippen LogP contribution in [0.15, 0.2) is 16.6 Å². The molecule has 0 aliphatic heterocycles. The second kappa shape index (κ2) is 5.61. The summed E-state index contributed by atoms with van der Waals surface area (Å²) in [4.78, 5) is 0. The van der Waals surface area contributed by atoms with E-state index in [2.05, 4.69) is 21.2 Å². The summed E-state index contributed by atoms with van der Waals surface area (Å²) in [6.07, 6.45) is 5.35. The fraction of sp³-hybridized carbons (Fsp3) is 0.500. The molecule has 1 saturated carbocycles. The molecular formula is C12H14BrCl2N. The first-order valence-corrected chi connectivity index (χ1v) is 7.10. The standard InChI is InChI=1S/C12H14BrCl2N/c13-9-5-10(14)12(11(15)6-9)16-7-8-3-1-2-4-8/h5-6,8,16H,1-4,7H2. The van der Waals surface area contributed by atoms with E-state index in [4.69, 9.17) is 23.2 Å². The largest absolute Gasteiger partial charge is 0.382 e. The molecule has 0 atom stereocenters. The van der Waals surface area contributed by atoms with E-state index in [0.717, 1.165) is 22.6 Å². The summed E-state index contributed by atoms with van der Waals surface area (Å²) in [6.45, 7) is 0.973. The summed E-state index contributed by atoms with van der Waals surface area (Å²) in [7, 11) is 0. The molecule has 0 spiro atoms. The van der Waals surface area contributed by atoms with Crippen molar-refractivity contribution in [2.75, 3.05) is 11.9 Å². The normalized spacial score (nSPS) is 16.7. The Kier molecular flexibility index (Phi) is 4.40. The number of halogens is 3. The smallest absolute Gasteiger partial charge is 0.0719 e. The van der Waals surface area contributed by atoms with E-state index in [0.29, 0.717) is 10.0 Å². The molecule has 0 aromatic heterocycles. The third kappa shape index (κ3) is 3.06. The molecule has 1 aliphatic rings. The van der Waals surface area contributed by atoms with Crippen molar-refractivity contribution >= 4 is 44.8 Å². The fourth-order valence-electron chi connectivity index (χ4n) is 2.17. The van der Waals surface area contributed by atoms with Crippen LogP contribution in [-0.4, -0.2) is 6.54 Å². The first-order valence-electron chi connectivity index (χ1n) is 5.55. The van der Waals surface area contributed by atoms with Crippen LogP contribution in [0, 0.1) is 5.92 Å². The van der Waals surface area contributed by atoms with Gasteiger partial charge in [-0.05, 0) is 30.9 Å². The molecule has 1 aromatic rings. The van der Waals surface area contributed by atoms with Crippen LogP contribution in [0.3, 0.4) is 0 Å². The molecule has 1 N–H and O–H groups in total. The zero-order valence-corrected chi connectivity index (χ0v) is 12.0. The SMILES string of the molecule is Clc1cc(Br)cc(Cl)c1NCC1CCCC1. The first kappa shape index (κ1) is 12.5. The van der Waals surface area contributed by atoms with Crippen molar-refractivity contribution in [3.8, 4) is 0 Å². The number of hydrogen-bond donors (Lipinski definition) is 1. The zero-order valence-electron chi connectivity index (χ0n) is 8.90. The highest BCUT2D eigenvalue weighted by Crippen LogP contribution is 2.34. The lowest BCUT2D eigenvalue weighted by molar-refractivity contribution is 0.580. The number of nitrogens with one attached hydrogen (secondary N) is 1. The minimum Gasteiger partial charge on any atom is -0.382 e. The Hall–Kier alpha value is 0.0800. The minimum atomic E-state index is 0.678. The van der Waals surface area contributed by atoms with E-state index >= 15 is 0 Å². The van der Waals surface area contributed by atoms with Gasteiger partial charge in [0.15, 0.2) is 0 Å². The highest BCUT2D eigenvalue weighted by atomic mass is 79.9. The lowest BCUT2D eigenvalue weighted by atomic mass is 10.1. The molecule has 2 rings (SSSR count). The Labute approximate surface area is 115 Å². The van der Waals surface area contributed by atoms with Crippen molar-refractivity contribution in [3.63, 3.8) is 0 Å². The van der Waals surface area contributed by atoms with Gasteiger partial charge in [-0.25, -0.2) is 0 Å². The van der Waals surface area contributed by atoms with Crippen LogP contribution in [0.25, 0.3) is 0 Å². The van der Waals surface area contributed by atoms with Crippen LogP contribution in [0.4, 0.5) is 5.69 Å². The van der Waals surface area contributed by atoms with E-state index in [1.165, 1.54) is 25.7 Å². The summed E-state index contributed by atoms with van der Waals surface area (Å²) in [6, 6.07) is 3.73. The van der Waals surface area contributed by atoms with Gasteiger partial charge < -0.3 is 5.32 Å². The second-order valence-corrected chi connectivity index (χ2v) is 6.01. The van der Waals surface area contributed by atoms with E-state index in [-0.39, 0.29) is 0 Å². The van der Waals surface area contributed by atoms with Gasteiger partial charge in [0, 0.05) is 11.0 Å². The van der Waals surface area contributed by atoms with Crippen molar-refractivity contribution in [3.05, 3.63) is 26.7 Å². The maximum absolute atomic E-state index is 6.14. The van der Waals surface area contributed by atoms with E-state index in [1.54, 1.807) is 0 Å². The van der Waals surface area contributed by atoms with E-state index in [9.17, 15) is 0 Å². The summed E-state index contributed by atoms with van der Waals surface area (Å²) in [5.74, 6) is 0.774. The molecule has 16 heavy (non-hydrogen) atoms. The van der Waals surface area contributed by atoms with Gasteiger partial charge in [0.05, 0.1) is 15.7 Å². The van der Waals surface area contributed by atoms with Crippen LogP contribution in [0.5, 0.6) is 0 Å². The van der Waals surface area contributed by atoms with Crippen molar-refractivity contribution < 1.29 is 0 Å². The molecule has 88 valence electrons. The highest BCUT2D eigenvalue weighted by Gasteiger charge is 2.16. The number of anilines is 1. The maximum Gasteiger partial charge on any atom is 0.0719 e. The molecule has 1 aliphatic carbocycles. The van der Waals surface area contributed by atoms with Crippen molar-refractivity contribution in [2.45, 2.75) is 25.7 Å². The molecule has 0 unspecified atom stereocenters. The van der Waals surface area contributed by atoms with Crippen LogP contribution in [0.1, 0.15) is 25.7 Å². The average Bonchev–Trinajstić information content (AvgIpc) is 2.68. The lowest BCUT2D eigenvalue weighted by Gasteiger charge is -2.14. The van der Waals surface area contributed by atoms with Gasteiger partial charge in [-0.1, -0.05) is 52.0 Å². The summed E-state index contributed by atoms with van der Waals surface area (Å²) in [5.41, 5.74) is 0.860. The Morgan fingerprint density at radius 2 is 1.75 bits per heavy atom. The van der Waals surface area contributed by atoms with Crippen LogP contribution in [-0.2, 0) is 0 Å². The number of hydrogen-bond acceptors (Lipinski definition) is 1. The predicted molar refractivity (Wildman–Crippen MR) is 74.6 cm³/mol. The third-order valence-corrected chi connectivity index (χ3v) is 4.10. The molecule has 4 heteroatoms. The molecular weight excluding hydrogens is 309 g/mol. The Morgan fingerprint density at radius 3 is 2.31 bits per heavy atom. The summed E-state index contributed by atoms with van der Waals surface area (Å²) >= 11 is 15.7. The number of rotatable bonds is 3. The second-order valence-electron chi connectivity index (χ2n) is 4.28. The maximum atomic E-state index is 6.14. The zero-order chi connectivity index (χ0) is 11.5. The molecule has 1 nitrogen and oxygen atoms in total. The molecule has 0 saturated heterocycles. The molecule has 1 aromatic carbocycles. The monoisotopic (exact) mass is 321 g/mol. The third-order valence-electron chi connectivity index (χ3n) is 3.05. The van der Waals surface area contributed by atoms with Gasteiger partial charge in [-0.15, -0.1) is 0 Å². The van der Waals surface area contributed by atoms with Crippen LogP contribution >= 0.6 is 39.1 Å². The minimum absolute atomic E-state index is 0.678. The van der Waals surface area contributed by atoms with Gasteiger partial charge in [-0.3, -0.25) is 0 Å². The van der Waals surface area contributed by atoms with Crippen molar-refractivity contribution in [2.24, 2.45) is 5.92 Å². The highest BCUT2D eigenvalue weighted by molar-refractivity contribution is 9.10. The van der Waals surface area contributed by atoms with Crippen LogP contribution in [0.2, 0.25) is 10.0 Å². The molecule has 1 fully saturated rings. The molecule has 0 amide bonds. The molecule has 0 radical (unpaired) electrons. The Balaban J connectivity index is 2.03. The van der Waals surface area contributed by atoms with Crippen molar-refractivity contribution in [1.82, 2.24) is 0 Å². The van der Waals surface area contributed by atoms with Crippen molar-refractivity contribution in [1.29, 1.82) is 0 Å². The topological polar surface area (TPSA) is 12.0 Å². The molecule has 0 heterocycles. The fourth-order valence-corrected chi connectivity index (χ4v) is 3.51. The van der Waals surface area contributed by atoms with Gasteiger partial charge in [0.1, 0.15) is 0 Å². The Morgan fingerprint density at radius 1 is 1.19 bits per heavy atom. The first-order chi connectivity index (χ1) is 7.66. The summed E-state index contributed by atoms with van der Waals surface area (Å²) in [5, 5.41) is 4.72. The van der Waals surface area contributed by atoms with Gasteiger partial charge in [0.2, 0.25) is 0 Å². The average molecular weight is 323 g/mol. The molecule has 0 bridgehead atoms. The van der Waals surface area contributed by atoms with Gasteiger partial charge in [0.25, 0.3) is 0 Å². The number of benzene rings is 1. The van der Waals surface area contributed by atoms with Gasteiger partial charge >= 0.3 is 0 Å². The van der Waals surface area contributed by atoms with E-state index in [1.807, 2.05) is 12.1 Å². The van der Waals surface area contributed by atoms with Gasteiger partial charge in [-0.2, -0.15) is 0 Å². The Bertz CT molecular complexity index is 352. The van der Waals surface area contributed by atoms with E-state index < -0.39 is 0 Å². The lowest BCUT2D eigenvalue weighted by Crippen LogP contribution is -2.11. The summed E-state index contributed by atoms with van der Waals surface area (Å²) < 4.78 is 0.911. The quantitative estimate of drug-likeness (QED) is 0.790.